The van der Waals surface area contributed by atoms with Gasteiger partial charge in [0, 0.05) is 12.8 Å². The van der Waals surface area contributed by atoms with Gasteiger partial charge in [0.2, 0.25) is 5.85 Å². The number of allylic oxidation sites excluding steroid dienone is 4. The summed E-state index contributed by atoms with van der Waals surface area (Å²) in [6.07, 6.45) is 36.7. The number of nitrogens with zero attached hydrogens (tertiary/aromatic N) is 1. The molecule has 3 atom stereocenters. The average Bonchev–Trinajstić information content (AvgIpc) is 3.16. The van der Waals surface area contributed by atoms with Gasteiger partial charge in [-0.1, -0.05) is 141 Å². The van der Waals surface area contributed by atoms with Crippen LogP contribution in [0.4, 0.5) is 0 Å². The second kappa shape index (κ2) is 39.1. The largest absolute Gasteiger partial charge is 0.469 e. The second-order valence-corrected chi connectivity index (χ2v) is 16.8. The van der Waals surface area contributed by atoms with Gasteiger partial charge >= 0.3 is 28.9 Å². The highest BCUT2D eigenvalue weighted by atomic mass is 31.2. The van der Waals surface area contributed by atoms with E-state index in [1.165, 1.54) is 77.0 Å². The van der Waals surface area contributed by atoms with Crippen LogP contribution in [0.25, 0.3) is 0 Å². The molecule has 0 aliphatic rings. The molecular weight excluding hydrogens is 738 g/mol. The Labute approximate surface area is 336 Å². The molecule has 0 fully saturated rings. The standard InChI is InChI=1S/C42H78NO10PSi/c1-3-5-7-9-11-13-15-17-19-21-23-25-27-29-31-33-40(45)51-37-38(36-50-39(35-44)42(53-55-43)54(47,48)49)52-41(46)34-32-30-28-26-24-22-20-18-16-14-12-10-8-6-4-2/h17-20,38-39,42,44H,3-16,21-37H2,1-2H3,(H2,47,48,49)/t38-,39?,42?/m0/s1. The first-order valence-electron chi connectivity index (χ1n) is 21.7. The maximum Gasteiger partial charge on any atom is 0.455 e. The molecule has 3 N–H and O–H groups in total. The van der Waals surface area contributed by atoms with Crippen LogP contribution < -0.4 is 0 Å². The SMILES string of the molecule is CCCCCCCCC=CCCCCCCCC(=O)OC[C@H](COC(CO)C(O[Si]#N)P(=O)(O)O)OC(=O)CCCCCCCC=CCCCCCCCC. The highest BCUT2D eigenvalue weighted by Gasteiger charge is 2.39. The lowest BCUT2D eigenvalue weighted by Crippen LogP contribution is -2.38. The number of carbonyl (C=O) groups excluding carboxylic acids is 2. The van der Waals surface area contributed by atoms with Crippen LogP contribution in [0, 0.1) is 4.89 Å². The first-order chi connectivity index (χ1) is 26.7. The third-order valence-electron chi connectivity index (χ3n) is 9.51. The summed E-state index contributed by atoms with van der Waals surface area (Å²) >= 11 is 0. The van der Waals surface area contributed by atoms with Gasteiger partial charge in [-0.25, -0.2) is 4.89 Å². The smallest absolute Gasteiger partial charge is 0.455 e. The molecule has 0 radical (unpaired) electrons. The molecule has 0 aromatic carbocycles. The van der Waals surface area contributed by atoms with Crippen molar-refractivity contribution in [2.45, 2.75) is 212 Å². The Morgan fingerprint density at radius 3 is 1.42 bits per heavy atom. The number of esters is 2. The predicted octanol–water partition coefficient (Wildman–Crippen LogP) is 10.5. The zero-order chi connectivity index (χ0) is 40.7. The number of unbranched alkanes of at least 4 members (excludes halogenated alkanes) is 22. The van der Waals surface area contributed by atoms with Crippen molar-refractivity contribution < 1.29 is 47.7 Å². The van der Waals surface area contributed by atoms with Crippen molar-refractivity contribution in [1.29, 1.82) is 4.89 Å². The molecule has 0 aromatic heterocycles. The average molecular weight is 816 g/mol. The summed E-state index contributed by atoms with van der Waals surface area (Å²) < 4.78 is 33.1. The molecule has 0 heterocycles. The van der Waals surface area contributed by atoms with Crippen LogP contribution in [0.5, 0.6) is 0 Å². The Balaban J connectivity index is 4.54. The van der Waals surface area contributed by atoms with E-state index in [9.17, 15) is 29.0 Å². The van der Waals surface area contributed by atoms with E-state index in [1.54, 1.807) is 0 Å². The van der Waals surface area contributed by atoms with Crippen molar-refractivity contribution >= 4 is 28.9 Å². The van der Waals surface area contributed by atoms with E-state index >= 15 is 0 Å². The lowest BCUT2D eigenvalue weighted by Gasteiger charge is -2.26. The molecule has 0 bridgehead atoms. The van der Waals surface area contributed by atoms with Gasteiger partial charge in [-0.05, 0) is 64.2 Å². The van der Waals surface area contributed by atoms with Gasteiger partial charge in [0.05, 0.1) is 13.2 Å². The number of aliphatic hydroxyl groups is 1. The van der Waals surface area contributed by atoms with Gasteiger partial charge in [-0.15, -0.1) is 0 Å². The topological polar surface area (TPSA) is 173 Å². The fraction of sp³-hybridized carbons (Fsp3) is 0.857. The monoisotopic (exact) mass is 816 g/mol. The Kier molecular flexibility index (Phi) is 37.8. The van der Waals surface area contributed by atoms with Crippen LogP contribution in [0.3, 0.4) is 0 Å². The summed E-state index contributed by atoms with van der Waals surface area (Å²) in [5.41, 5.74) is 0. The van der Waals surface area contributed by atoms with Gasteiger partial charge in [0.15, 0.2) is 6.10 Å². The van der Waals surface area contributed by atoms with Crippen molar-refractivity contribution in [3.8, 4) is 0 Å². The van der Waals surface area contributed by atoms with Gasteiger partial charge < -0.3 is 33.5 Å². The van der Waals surface area contributed by atoms with Crippen LogP contribution in [-0.2, 0) is 32.8 Å². The molecule has 2 unspecified atom stereocenters. The Morgan fingerprint density at radius 1 is 0.618 bits per heavy atom. The van der Waals surface area contributed by atoms with Crippen LogP contribution in [-0.4, -0.2) is 74.1 Å². The van der Waals surface area contributed by atoms with Crippen molar-refractivity contribution in [3.05, 3.63) is 24.3 Å². The van der Waals surface area contributed by atoms with Gasteiger partial charge in [-0.3, -0.25) is 14.2 Å². The van der Waals surface area contributed by atoms with E-state index in [0.717, 1.165) is 77.0 Å². The number of carbonyl (C=O) groups is 2. The maximum atomic E-state index is 12.7. The summed E-state index contributed by atoms with van der Waals surface area (Å²) in [6.45, 7) is 2.94. The van der Waals surface area contributed by atoms with E-state index in [1.807, 2.05) is 0 Å². The zero-order valence-electron chi connectivity index (χ0n) is 34.6. The highest BCUT2D eigenvalue weighted by molar-refractivity contribution is 7.52. The minimum atomic E-state index is -4.92. The molecule has 0 saturated heterocycles. The van der Waals surface area contributed by atoms with E-state index in [4.69, 9.17) is 23.5 Å². The van der Waals surface area contributed by atoms with E-state index in [2.05, 4.69) is 38.2 Å². The molecule has 55 heavy (non-hydrogen) atoms. The minimum Gasteiger partial charge on any atom is -0.469 e. The number of hydrogen-bond acceptors (Lipinski definition) is 9. The van der Waals surface area contributed by atoms with Crippen LogP contribution in [0.1, 0.15) is 194 Å². The lowest BCUT2D eigenvalue weighted by atomic mass is 10.1. The maximum absolute atomic E-state index is 12.7. The van der Waals surface area contributed by atoms with E-state index in [-0.39, 0.29) is 19.4 Å². The van der Waals surface area contributed by atoms with Crippen molar-refractivity contribution in [2.75, 3.05) is 19.8 Å². The summed E-state index contributed by atoms with van der Waals surface area (Å²) in [7, 11) is -6.17. The first kappa shape index (κ1) is 53.2. The Morgan fingerprint density at radius 2 is 1.02 bits per heavy atom. The Bertz CT molecular complexity index is 1060. The molecular formula is C42H78NO10PSi. The van der Waals surface area contributed by atoms with E-state index < -0.39 is 60.2 Å². The molecule has 0 saturated carbocycles. The molecule has 0 aliphatic heterocycles. The molecule has 13 heteroatoms. The number of hydrogen-bond donors (Lipinski definition) is 3. The summed E-state index contributed by atoms with van der Waals surface area (Å²) in [5.74, 6) is -2.86. The minimum absolute atomic E-state index is 0.167. The highest BCUT2D eigenvalue weighted by Crippen LogP contribution is 2.44. The summed E-state index contributed by atoms with van der Waals surface area (Å²) in [4.78, 5) is 53.6. The lowest BCUT2D eigenvalue weighted by molar-refractivity contribution is -0.166. The second-order valence-electron chi connectivity index (χ2n) is 14.7. The van der Waals surface area contributed by atoms with Crippen molar-refractivity contribution in [1.82, 2.24) is 0 Å². The molecule has 320 valence electrons. The fourth-order valence-electron chi connectivity index (χ4n) is 6.17. The van der Waals surface area contributed by atoms with Gasteiger partial charge in [-0.2, -0.15) is 0 Å². The molecule has 0 aliphatic carbocycles. The number of ether oxygens (including phenoxy) is 3. The number of rotatable bonds is 40. The van der Waals surface area contributed by atoms with Crippen molar-refractivity contribution in [3.63, 3.8) is 0 Å². The third kappa shape index (κ3) is 35.1. The van der Waals surface area contributed by atoms with E-state index in [0.29, 0.717) is 12.8 Å². The van der Waals surface area contributed by atoms with Crippen LogP contribution in [0.15, 0.2) is 24.3 Å². The van der Waals surface area contributed by atoms with Crippen LogP contribution in [0.2, 0.25) is 0 Å². The predicted molar refractivity (Wildman–Crippen MR) is 221 cm³/mol. The fourth-order valence-corrected chi connectivity index (χ4v) is 7.73. The summed E-state index contributed by atoms with van der Waals surface area (Å²) in [5, 5.41) is 9.74. The normalized spacial score (nSPS) is 13.5. The van der Waals surface area contributed by atoms with Gasteiger partial charge in [0.25, 0.3) is 0 Å². The third-order valence-corrected chi connectivity index (χ3v) is 11.2. The molecule has 0 spiro atoms. The Hall–Kier alpha value is -1.78. The summed E-state index contributed by atoms with van der Waals surface area (Å²) in [6, 6.07) is 0. The quantitative estimate of drug-likeness (QED) is 0.0177. The molecule has 11 nitrogen and oxygen atoms in total. The van der Waals surface area contributed by atoms with Crippen LogP contribution >= 0.6 is 7.60 Å². The molecule has 0 rings (SSSR count). The zero-order valence-corrected chi connectivity index (χ0v) is 36.4. The number of aliphatic hydroxyl groups excluding tert-OH is 1. The van der Waals surface area contributed by atoms with Gasteiger partial charge in [0.1, 0.15) is 12.7 Å². The van der Waals surface area contributed by atoms with Crippen molar-refractivity contribution in [2.24, 2.45) is 0 Å². The first-order valence-corrected chi connectivity index (χ1v) is 24.2. The molecule has 0 amide bonds. The molecule has 0 aromatic rings.